The van der Waals surface area contributed by atoms with Crippen LogP contribution in [-0.4, -0.2) is 0 Å². The van der Waals surface area contributed by atoms with Crippen molar-refractivity contribution in [2.45, 2.75) is 9.79 Å². The molecule has 0 radical (unpaired) electrons. The first-order chi connectivity index (χ1) is 9.20. The van der Waals surface area contributed by atoms with Gasteiger partial charge in [-0.2, -0.15) is 0 Å². The van der Waals surface area contributed by atoms with Crippen molar-refractivity contribution in [3.63, 3.8) is 0 Å². The highest BCUT2D eigenvalue weighted by Crippen LogP contribution is 2.32. The van der Waals surface area contributed by atoms with Crippen LogP contribution in [0.25, 0.3) is 10.8 Å². The van der Waals surface area contributed by atoms with Crippen molar-refractivity contribution >= 4 is 38.5 Å². The van der Waals surface area contributed by atoms with Gasteiger partial charge in [0, 0.05) is 14.3 Å². The Morgan fingerprint density at radius 3 is 2.37 bits per heavy atom. The van der Waals surface area contributed by atoms with Crippen LogP contribution in [0, 0.1) is 5.82 Å². The molecule has 0 unspecified atom stereocenters. The highest BCUT2D eigenvalue weighted by Gasteiger charge is 2.02. The maximum Gasteiger partial charge on any atom is 0.125 e. The van der Waals surface area contributed by atoms with Crippen molar-refractivity contribution in [2.24, 2.45) is 0 Å². The maximum atomic E-state index is 13.3. The van der Waals surface area contributed by atoms with Crippen molar-refractivity contribution in [1.29, 1.82) is 0 Å². The molecule has 0 amide bonds. The van der Waals surface area contributed by atoms with Crippen molar-refractivity contribution in [3.8, 4) is 0 Å². The van der Waals surface area contributed by atoms with E-state index in [1.807, 2.05) is 18.2 Å². The Kier molecular flexibility index (Phi) is 3.58. The number of halogens is 2. The molecule has 0 N–H and O–H groups in total. The Bertz CT molecular complexity index is 719. The first-order valence-electron chi connectivity index (χ1n) is 5.83. The van der Waals surface area contributed by atoms with E-state index in [2.05, 4.69) is 46.3 Å². The summed E-state index contributed by atoms with van der Waals surface area (Å²) in [5, 5.41) is 2.41. The van der Waals surface area contributed by atoms with E-state index in [4.69, 9.17) is 0 Å². The lowest BCUT2D eigenvalue weighted by Crippen LogP contribution is -1.79. The molecule has 0 spiro atoms. The minimum absolute atomic E-state index is 0.224. The third-order valence-corrected chi connectivity index (χ3v) is 4.21. The summed E-state index contributed by atoms with van der Waals surface area (Å²) in [6.07, 6.45) is 0. The van der Waals surface area contributed by atoms with Gasteiger partial charge in [-0.1, -0.05) is 58.0 Å². The minimum atomic E-state index is -0.224. The van der Waals surface area contributed by atoms with E-state index in [9.17, 15) is 4.39 Å². The van der Waals surface area contributed by atoms with Crippen LogP contribution < -0.4 is 0 Å². The molecule has 3 aromatic carbocycles. The van der Waals surface area contributed by atoms with E-state index in [0.717, 1.165) is 14.3 Å². The predicted octanol–water partition coefficient (Wildman–Crippen LogP) is 5.89. The van der Waals surface area contributed by atoms with Crippen LogP contribution in [0.15, 0.2) is 74.9 Å². The Balaban J connectivity index is 1.96. The molecule has 0 atom stereocenters. The molecular formula is C16H10BrFS. The number of benzene rings is 3. The van der Waals surface area contributed by atoms with Crippen LogP contribution in [0.1, 0.15) is 0 Å². The average Bonchev–Trinajstić information content (AvgIpc) is 2.37. The average molecular weight is 333 g/mol. The quantitative estimate of drug-likeness (QED) is 0.563. The van der Waals surface area contributed by atoms with Crippen LogP contribution in [0.2, 0.25) is 0 Å². The molecular weight excluding hydrogens is 323 g/mol. The van der Waals surface area contributed by atoms with E-state index in [0.29, 0.717) is 0 Å². The third kappa shape index (κ3) is 2.99. The highest BCUT2D eigenvalue weighted by atomic mass is 79.9. The van der Waals surface area contributed by atoms with E-state index in [-0.39, 0.29) is 5.82 Å². The Morgan fingerprint density at radius 1 is 0.789 bits per heavy atom. The minimum Gasteiger partial charge on any atom is -0.207 e. The highest BCUT2D eigenvalue weighted by molar-refractivity contribution is 9.10. The van der Waals surface area contributed by atoms with Gasteiger partial charge in [-0.05, 0) is 41.1 Å². The Labute approximate surface area is 123 Å². The zero-order valence-corrected chi connectivity index (χ0v) is 12.3. The van der Waals surface area contributed by atoms with E-state index in [1.54, 1.807) is 17.8 Å². The molecule has 0 aliphatic carbocycles. The fourth-order valence-electron chi connectivity index (χ4n) is 1.95. The van der Waals surface area contributed by atoms with E-state index < -0.39 is 0 Å². The van der Waals surface area contributed by atoms with Gasteiger partial charge in [-0.15, -0.1) is 0 Å². The molecule has 0 saturated heterocycles. The van der Waals surface area contributed by atoms with Crippen LogP contribution in [-0.2, 0) is 0 Å². The van der Waals surface area contributed by atoms with Crippen LogP contribution in [0.5, 0.6) is 0 Å². The first-order valence-corrected chi connectivity index (χ1v) is 7.44. The zero-order valence-electron chi connectivity index (χ0n) is 9.94. The van der Waals surface area contributed by atoms with Crippen molar-refractivity contribution in [2.75, 3.05) is 0 Å². The van der Waals surface area contributed by atoms with E-state index >= 15 is 0 Å². The molecule has 0 bridgehead atoms. The fourth-order valence-corrected chi connectivity index (χ4v) is 3.52. The molecule has 0 nitrogen and oxygen atoms in total. The van der Waals surface area contributed by atoms with Gasteiger partial charge in [0.05, 0.1) is 0 Å². The summed E-state index contributed by atoms with van der Waals surface area (Å²) < 4.78 is 14.1. The molecule has 0 aliphatic rings. The molecule has 94 valence electrons. The van der Waals surface area contributed by atoms with Crippen LogP contribution >= 0.6 is 27.7 Å². The smallest absolute Gasteiger partial charge is 0.125 e. The number of rotatable bonds is 2. The summed E-state index contributed by atoms with van der Waals surface area (Å²) in [4.78, 5) is 2.00. The SMILES string of the molecule is Fc1cc(Br)cc(Sc2ccc3ccccc3c2)c1. The number of fused-ring (bicyclic) bond motifs is 1. The molecule has 0 aliphatic heterocycles. The summed E-state index contributed by atoms with van der Waals surface area (Å²) in [7, 11) is 0. The fraction of sp³-hybridized carbons (Fsp3) is 0. The molecule has 0 saturated carbocycles. The first kappa shape index (κ1) is 12.7. The van der Waals surface area contributed by atoms with Crippen molar-refractivity contribution in [3.05, 3.63) is 71.0 Å². The molecule has 3 rings (SSSR count). The van der Waals surface area contributed by atoms with Crippen molar-refractivity contribution in [1.82, 2.24) is 0 Å². The van der Waals surface area contributed by atoms with Gasteiger partial charge in [-0.25, -0.2) is 4.39 Å². The zero-order chi connectivity index (χ0) is 13.2. The topological polar surface area (TPSA) is 0 Å². The Hall–Kier alpha value is -1.32. The second kappa shape index (κ2) is 5.35. The number of hydrogen-bond donors (Lipinski definition) is 0. The number of hydrogen-bond acceptors (Lipinski definition) is 1. The molecule has 0 fully saturated rings. The summed E-state index contributed by atoms with van der Waals surface area (Å²) in [5.41, 5.74) is 0. The molecule has 3 heteroatoms. The second-order valence-corrected chi connectivity index (χ2v) is 6.28. The summed E-state index contributed by atoms with van der Waals surface area (Å²) in [5.74, 6) is -0.224. The summed E-state index contributed by atoms with van der Waals surface area (Å²) >= 11 is 4.87. The van der Waals surface area contributed by atoms with Gasteiger partial charge in [0.2, 0.25) is 0 Å². The summed E-state index contributed by atoms with van der Waals surface area (Å²) in [6.45, 7) is 0. The lowest BCUT2D eigenvalue weighted by atomic mass is 10.1. The largest absolute Gasteiger partial charge is 0.207 e. The normalized spacial score (nSPS) is 10.8. The van der Waals surface area contributed by atoms with Gasteiger partial charge < -0.3 is 0 Å². The second-order valence-electron chi connectivity index (χ2n) is 4.22. The van der Waals surface area contributed by atoms with Gasteiger partial charge in [0.15, 0.2) is 0 Å². The van der Waals surface area contributed by atoms with Gasteiger partial charge in [-0.3, -0.25) is 0 Å². The van der Waals surface area contributed by atoms with Crippen LogP contribution in [0.4, 0.5) is 4.39 Å². The van der Waals surface area contributed by atoms with Crippen molar-refractivity contribution < 1.29 is 4.39 Å². The van der Waals surface area contributed by atoms with E-state index in [1.165, 1.54) is 16.8 Å². The standard InChI is InChI=1S/C16H10BrFS/c17-13-8-14(18)10-16(9-13)19-15-6-5-11-3-1-2-4-12(11)7-15/h1-10H. The molecule has 19 heavy (non-hydrogen) atoms. The lowest BCUT2D eigenvalue weighted by Gasteiger charge is -2.05. The molecule has 0 heterocycles. The monoisotopic (exact) mass is 332 g/mol. The lowest BCUT2D eigenvalue weighted by molar-refractivity contribution is 0.623. The summed E-state index contributed by atoms with van der Waals surface area (Å²) in [6, 6.07) is 19.4. The molecule has 3 aromatic rings. The van der Waals surface area contributed by atoms with Gasteiger partial charge in [0.25, 0.3) is 0 Å². The molecule has 0 aromatic heterocycles. The van der Waals surface area contributed by atoms with Crippen LogP contribution in [0.3, 0.4) is 0 Å². The maximum absolute atomic E-state index is 13.3. The third-order valence-electron chi connectivity index (χ3n) is 2.79. The Morgan fingerprint density at radius 2 is 1.58 bits per heavy atom. The predicted molar refractivity (Wildman–Crippen MR) is 82.2 cm³/mol. The van der Waals surface area contributed by atoms with Gasteiger partial charge >= 0.3 is 0 Å². The van der Waals surface area contributed by atoms with Gasteiger partial charge in [0.1, 0.15) is 5.82 Å².